The van der Waals surface area contributed by atoms with Gasteiger partial charge in [-0.2, -0.15) is 0 Å². The smallest absolute Gasteiger partial charge is 0.338 e. The third-order valence-corrected chi connectivity index (χ3v) is 3.39. The van der Waals surface area contributed by atoms with Gasteiger partial charge in [0, 0.05) is 5.02 Å². The number of carbonyl (C=O) groups is 3. The first-order valence-electron chi connectivity index (χ1n) is 7.40. The molecule has 0 heterocycles. The second kappa shape index (κ2) is 9.04. The van der Waals surface area contributed by atoms with Crippen molar-refractivity contribution in [3.8, 4) is 0 Å². The Hall–Kier alpha value is -3.07. The van der Waals surface area contributed by atoms with Crippen LogP contribution in [0.1, 0.15) is 10.4 Å². The molecule has 2 aromatic rings. The summed E-state index contributed by atoms with van der Waals surface area (Å²) in [5.41, 5.74) is -0.442. The molecule has 0 aromatic heterocycles. The summed E-state index contributed by atoms with van der Waals surface area (Å²) in [5, 5.41) is 4.41. The molecule has 0 aliphatic rings. The maximum absolute atomic E-state index is 13.4. The number of amides is 2. The second-order valence-electron chi connectivity index (χ2n) is 5.13. The van der Waals surface area contributed by atoms with E-state index in [4.69, 9.17) is 16.3 Å². The lowest BCUT2D eigenvalue weighted by Gasteiger charge is -2.09. The molecule has 2 rings (SSSR count). The van der Waals surface area contributed by atoms with Gasteiger partial charge in [0.05, 0.1) is 17.8 Å². The number of ether oxygens (including phenoxy) is 1. The topological polar surface area (TPSA) is 84.5 Å². The van der Waals surface area contributed by atoms with Crippen LogP contribution in [0.4, 0.5) is 18.9 Å². The van der Waals surface area contributed by atoms with Gasteiger partial charge < -0.3 is 15.4 Å². The molecule has 0 bridgehead atoms. The predicted octanol–water partition coefficient (Wildman–Crippen LogP) is 2.67. The number of benzene rings is 2. The second-order valence-corrected chi connectivity index (χ2v) is 5.57. The van der Waals surface area contributed by atoms with Crippen LogP contribution in [-0.2, 0) is 14.3 Å². The van der Waals surface area contributed by atoms with Gasteiger partial charge in [0.1, 0.15) is 0 Å². The van der Waals surface area contributed by atoms with E-state index in [1.54, 1.807) is 6.07 Å². The summed E-state index contributed by atoms with van der Waals surface area (Å²) in [5.74, 6) is -7.18. The highest BCUT2D eigenvalue weighted by atomic mass is 35.5. The van der Waals surface area contributed by atoms with Crippen LogP contribution >= 0.6 is 11.6 Å². The van der Waals surface area contributed by atoms with Crippen molar-refractivity contribution in [1.82, 2.24) is 5.32 Å². The molecule has 0 spiro atoms. The number of nitrogens with one attached hydrogen (secondary N) is 2. The fraction of sp³-hybridized carbons (Fsp3) is 0.118. The van der Waals surface area contributed by atoms with Crippen molar-refractivity contribution in [2.24, 2.45) is 0 Å². The van der Waals surface area contributed by atoms with Gasteiger partial charge in [-0.3, -0.25) is 9.59 Å². The Bertz CT molecular complexity index is 892. The number of hydrogen-bond donors (Lipinski definition) is 2. The number of anilines is 1. The highest BCUT2D eigenvalue weighted by Crippen LogP contribution is 2.19. The predicted molar refractivity (Wildman–Crippen MR) is 89.7 cm³/mol. The average molecular weight is 401 g/mol. The summed E-state index contributed by atoms with van der Waals surface area (Å²) < 4.78 is 44.1. The normalized spacial score (nSPS) is 10.2. The molecular weight excluding hydrogens is 389 g/mol. The molecule has 0 atom stereocenters. The van der Waals surface area contributed by atoms with E-state index in [2.05, 4.69) is 5.32 Å². The summed E-state index contributed by atoms with van der Waals surface area (Å²) in [6.45, 7) is -1.27. The van der Waals surface area contributed by atoms with Crippen LogP contribution in [0.25, 0.3) is 0 Å². The Morgan fingerprint density at radius 1 is 1.00 bits per heavy atom. The summed E-state index contributed by atoms with van der Waals surface area (Å²) in [6.07, 6.45) is 0. The molecule has 2 amide bonds. The number of halogens is 4. The first-order chi connectivity index (χ1) is 12.8. The lowest BCUT2D eigenvalue weighted by Crippen LogP contribution is -2.35. The van der Waals surface area contributed by atoms with Crippen LogP contribution in [0.5, 0.6) is 0 Å². The van der Waals surface area contributed by atoms with Gasteiger partial charge in [-0.1, -0.05) is 17.7 Å². The van der Waals surface area contributed by atoms with E-state index < -0.39 is 54.1 Å². The molecule has 0 saturated carbocycles. The quantitative estimate of drug-likeness (QED) is 0.577. The lowest BCUT2D eigenvalue weighted by molar-refractivity contribution is -0.126. The molecule has 0 radical (unpaired) electrons. The first kappa shape index (κ1) is 20.2. The van der Waals surface area contributed by atoms with Gasteiger partial charge in [-0.05, 0) is 30.3 Å². The molecule has 0 aliphatic heterocycles. The average Bonchev–Trinajstić information content (AvgIpc) is 2.65. The van der Waals surface area contributed by atoms with Crippen molar-refractivity contribution in [2.45, 2.75) is 0 Å². The molecule has 10 heteroatoms. The van der Waals surface area contributed by atoms with Gasteiger partial charge >= 0.3 is 5.97 Å². The van der Waals surface area contributed by atoms with Gasteiger partial charge in [0.15, 0.2) is 24.1 Å². The minimum absolute atomic E-state index is 0.141. The highest BCUT2D eigenvalue weighted by Gasteiger charge is 2.16. The minimum atomic E-state index is -1.73. The van der Waals surface area contributed by atoms with Crippen molar-refractivity contribution in [3.05, 3.63) is 64.4 Å². The number of hydrogen-bond acceptors (Lipinski definition) is 4. The molecule has 0 aliphatic carbocycles. The van der Waals surface area contributed by atoms with E-state index >= 15 is 0 Å². The molecule has 142 valence electrons. The Morgan fingerprint density at radius 2 is 1.74 bits per heavy atom. The molecule has 27 heavy (non-hydrogen) atoms. The van der Waals surface area contributed by atoms with E-state index in [0.29, 0.717) is 11.1 Å². The fourth-order valence-corrected chi connectivity index (χ4v) is 2.07. The lowest BCUT2D eigenvalue weighted by atomic mass is 10.2. The van der Waals surface area contributed by atoms with E-state index in [9.17, 15) is 27.6 Å². The summed E-state index contributed by atoms with van der Waals surface area (Å²) in [6, 6.07) is 7.35. The number of esters is 1. The van der Waals surface area contributed by atoms with Crippen molar-refractivity contribution in [3.63, 3.8) is 0 Å². The van der Waals surface area contributed by atoms with Crippen LogP contribution in [0.3, 0.4) is 0 Å². The molecule has 2 N–H and O–H groups in total. The highest BCUT2D eigenvalue weighted by molar-refractivity contribution is 6.30. The van der Waals surface area contributed by atoms with Crippen LogP contribution in [0, 0.1) is 17.5 Å². The third-order valence-electron chi connectivity index (χ3n) is 3.15. The molecule has 0 unspecified atom stereocenters. The van der Waals surface area contributed by atoms with E-state index in [1.807, 2.05) is 5.32 Å². The van der Waals surface area contributed by atoms with Crippen LogP contribution < -0.4 is 10.6 Å². The zero-order chi connectivity index (χ0) is 20.0. The van der Waals surface area contributed by atoms with E-state index in [1.165, 1.54) is 18.2 Å². The van der Waals surface area contributed by atoms with Gasteiger partial charge in [-0.15, -0.1) is 0 Å². The van der Waals surface area contributed by atoms with Crippen molar-refractivity contribution in [2.75, 3.05) is 18.5 Å². The Labute approximate surface area is 156 Å². The standard InChI is InChI=1S/C17H12ClF3N2O4/c18-10-3-1-2-9(6-10)17(26)27-8-14(25)22-7-13(24)23-12-5-4-11(19)15(20)16(12)21/h1-6H,7-8H2,(H,22,25)(H,23,24). The van der Waals surface area contributed by atoms with Gasteiger partial charge in [0.25, 0.3) is 5.91 Å². The molecular formula is C17H12ClF3N2O4. The van der Waals surface area contributed by atoms with Crippen LogP contribution in [-0.4, -0.2) is 30.9 Å². The van der Waals surface area contributed by atoms with Crippen molar-refractivity contribution in [1.29, 1.82) is 0 Å². The van der Waals surface area contributed by atoms with E-state index in [-0.39, 0.29) is 5.56 Å². The number of carbonyl (C=O) groups excluding carboxylic acids is 3. The van der Waals surface area contributed by atoms with E-state index in [0.717, 1.165) is 6.07 Å². The molecule has 6 nitrogen and oxygen atoms in total. The molecule has 0 fully saturated rings. The SMILES string of the molecule is O=C(COC(=O)c1cccc(Cl)c1)NCC(=O)Nc1ccc(F)c(F)c1F. The zero-order valence-corrected chi connectivity index (χ0v) is 14.3. The fourth-order valence-electron chi connectivity index (χ4n) is 1.88. The van der Waals surface area contributed by atoms with Crippen molar-refractivity contribution < 1.29 is 32.3 Å². The summed E-state index contributed by atoms with van der Waals surface area (Å²) in [7, 11) is 0. The Morgan fingerprint density at radius 3 is 2.44 bits per heavy atom. The minimum Gasteiger partial charge on any atom is -0.452 e. The monoisotopic (exact) mass is 400 g/mol. The maximum atomic E-state index is 13.4. The molecule has 0 saturated heterocycles. The van der Waals surface area contributed by atoms with Crippen molar-refractivity contribution >= 4 is 35.1 Å². The summed E-state index contributed by atoms with van der Waals surface area (Å²) in [4.78, 5) is 35.0. The third kappa shape index (κ3) is 5.71. The van der Waals surface area contributed by atoms with Gasteiger partial charge in [-0.25, -0.2) is 18.0 Å². The zero-order valence-electron chi connectivity index (χ0n) is 13.5. The van der Waals surface area contributed by atoms with Crippen LogP contribution in [0.15, 0.2) is 36.4 Å². The maximum Gasteiger partial charge on any atom is 0.338 e. The summed E-state index contributed by atoms with van der Waals surface area (Å²) >= 11 is 5.73. The first-order valence-corrected chi connectivity index (χ1v) is 7.78. The Kier molecular flexibility index (Phi) is 6.78. The van der Waals surface area contributed by atoms with Gasteiger partial charge in [0.2, 0.25) is 5.91 Å². The van der Waals surface area contributed by atoms with Crippen LogP contribution in [0.2, 0.25) is 5.02 Å². The number of rotatable bonds is 6. The Balaban J connectivity index is 1.79. The molecule has 2 aromatic carbocycles. The largest absolute Gasteiger partial charge is 0.452 e.